The average molecular weight is 349 g/mol. The number of nitrogens with one attached hydrogen (secondary N) is 1. The van der Waals surface area contributed by atoms with E-state index in [0.717, 1.165) is 63.0 Å². The Morgan fingerprint density at radius 1 is 1.28 bits per heavy atom. The van der Waals surface area contributed by atoms with Crippen molar-refractivity contribution in [2.75, 3.05) is 26.2 Å². The summed E-state index contributed by atoms with van der Waals surface area (Å²) in [4.78, 5) is 18.9. The molecule has 1 amide bonds. The molecule has 0 spiro atoms. The second-order valence-electron chi connectivity index (χ2n) is 7.63. The smallest absolute Gasteiger partial charge is 0.248 e. The Morgan fingerprint density at radius 3 is 2.60 bits per heavy atom. The van der Waals surface area contributed by atoms with Crippen molar-refractivity contribution in [2.45, 2.75) is 59.1 Å². The fraction of sp³-hybridized carbons (Fsp3) is 0.789. The van der Waals surface area contributed by atoms with Crippen molar-refractivity contribution in [3.05, 3.63) is 17.3 Å². The predicted molar refractivity (Wildman–Crippen MR) is 95.1 cm³/mol. The first-order valence-electron chi connectivity index (χ1n) is 9.56. The molecule has 2 fully saturated rings. The molecule has 1 saturated heterocycles. The monoisotopic (exact) mass is 349 g/mol. The molecule has 140 valence electrons. The van der Waals surface area contributed by atoms with Crippen LogP contribution < -0.4 is 5.32 Å². The maximum absolute atomic E-state index is 12.1. The largest absolute Gasteiger partial charge is 0.444 e. The second kappa shape index (κ2) is 8.32. The van der Waals surface area contributed by atoms with Crippen LogP contribution >= 0.6 is 0 Å². The van der Waals surface area contributed by atoms with Crippen molar-refractivity contribution in [3.8, 4) is 0 Å². The number of aromatic nitrogens is 1. The average Bonchev–Trinajstić information content (AvgIpc) is 3.37. The van der Waals surface area contributed by atoms with Gasteiger partial charge >= 0.3 is 0 Å². The molecule has 1 aromatic rings. The van der Waals surface area contributed by atoms with Crippen LogP contribution in [0.4, 0.5) is 0 Å². The highest BCUT2D eigenvalue weighted by Crippen LogP contribution is 2.29. The minimum Gasteiger partial charge on any atom is -0.444 e. The van der Waals surface area contributed by atoms with E-state index in [0.29, 0.717) is 11.8 Å². The molecule has 6 heteroatoms. The first kappa shape index (κ1) is 18.4. The van der Waals surface area contributed by atoms with E-state index < -0.39 is 0 Å². The second-order valence-corrected chi connectivity index (χ2v) is 7.63. The summed E-state index contributed by atoms with van der Waals surface area (Å²) in [6.45, 7) is 10.1. The van der Waals surface area contributed by atoms with Crippen LogP contribution in [0.1, 0.15) is 50.0 Å². The van der Waals surface area contributed by atoms with Crippen molar-refractivity contribution in [1.29, 1.82) is 0 Å². The lowest BCUT2D eigenvalue weighted by Gasteiger charge is -2.31. The summed E-state index contributed by atoms with van der Waals surface area (Å²) in [7, 11) is 0. The molecule has 1 aromatic heterocycles. The van der Waals surface area contributed by atoms with E-state index in [1.54, 1.807) is 0 Å². The van der Waals surface area contributed by atoms with Gasteiger partial charge in [0.2, 0.25) is 11.8 Å². The van der Waals surface area contributed by atoms with Crippen LogP contribution in [0.3, 0.4) is 0 Å². The van der Waals surface area contributed by atoms with Gasteiger partial charge in [-0.25, -0.2) is 4.98 Å². The van der Waals surface area contributed by atoms with Crippen molar-refractivity contribution in [1.82, 2.24) is 15.2 Å². The van der Waals surface area contributed by atoms with E-state index in [1.807, 2.05) is 20.8 Å². The third kappa shape index (κ3) is 5.54. The van der Waals surface area contributed by atoms with Crippen LogP contribution in [0, 0.1) is 25.7 Å². The number of piperidine rings is 1. The van der Waals surface area contributed by atoms with Crippen LogP contribution in [0.2, 0.25) is 0 Å². The van der Waals surface area contributed by atoms with Crippen molar-refractivity contribution >= 4 is 5.91 Å². The van der Waals surface area contributed by atoms with E-state index in [-0.39, 0.29) is 12.0 Å². The molecule has 2 aliphatic rings. The lowest BCUT2D eigenvalue weighted by molar-refractivity contribution is -0.132. The molecule has 1 unspecified atom stereocenters. The molecule has 1 aliphatic carbocycles. The molecule has 0 aromatic carbocycles. The number of rotatable bonds is 8. The topological polar surface area (TPSA) is 67.6 Å². The van der Waals surface area contributed by atoms with Crippen LogP contribution in [0.25, 0.3) is 0 Å². The normalized spacial score (nSPS) is 20.6. The number of hydrogen-bond donors (Lipinski definition) is 1. The molecule has 25 heavy (non-hydrogen) atoms. The SMILES string of the molecule is Cc1nc(CN2CCC(CNC(=O)C(C)OCC3CC3)CC2)oc1C. The number of amides is 1. The van der Waals surface area contributed by atoms with Crippen molar-refractivity contribution in [3.63, 3.8) is 0 Å². The van der Waals surface area contributed by atoms with Gasteiger partial charge in [-0.3, -0.25) is 9.69 Å². The summed E-state index contributed by atoms with van der Waals surface area (Å²) in [5.74, 6) is 2.97. The Kier molecular flexibility index (Phi) is 6.12. The molecule has 3 rings (SSSR count). The maximum Gasteiger partial charge on any atom is 0.248 e. The first-order valence-corrected chi connectivity index (χ1v) is 9.56. The Morgan fingerprint density at radius 2 is 2.00 bits per heavy atom. The quantitative estimate of drug-likeness (QED) is 0.781. The van der Waals surface area contributed by atoms with E-state index in [9.17, 15) is 4.79 Å². The van der Waals surface area contributed by atoms with Crippen LogP contribution in [0.5, 0.6) is 0 Å². The van der Waals surface area contributed by atoms with Crippen LogP contribution in [-0.4, -0.2) is 48.1 Å². The molecular formula is C19H31N3O3. The third-order valence-electron chi connectivity index (χ3n) is 5.35. The minimum absolute atomic E-state index is 0.0221. The van der Waals surface area contributed by atoms with E-state index in [2.05, 4.69) is 15.2 Å². The van der Waals surface area contributed by atoms with Gasteiger partial charge in [-0.1, -0.05) is 0 Å². The number of aryl methyl sites for hydroxylation is 2. The van der Waals surface area contributed by atoms with E-state index >= 15 is 0 Å². The highest BCUT2D eigenvalue weighted by Gasteiger charge is 2.25. The zero-order valence-electron chi connectivity index (χ0n) is 15.7. The molecule has 0 radical (unpaired) electrons. The molecular weight excluding hydrogens is 318 g/mol. The molecule has 6 nitrogen and oxygen atoms in total. The lowest BCUT2D eigenvalue weighted by Crippen LogP contribution is -2.41. The number of nitrogens with zero attached hydrogens (tertiary/aromatic N) is 2. The molecule has 1 atom stereocenters. The predicted octanol–water partition coefficient (Wildman–Crippen LogP) is 2.43. The van der Waals surface area contributed by atoms with Crippen molar-refractivity contribution < 1.29 is 13.9 Å². The van der Waals surface area contributed by atoms with Gasteiger partial charge in [0.05, 0.1) is 18.8 Å². The number of carbonyl (C=O) groups is 1. The van der Waals surface area contributed by atoms with Crippen LogP contribution in [0.15, 0.2) is 4.42 Å². The Bertz CT molecular complexity index is 555. The highest BCUT2D eigenvalue weighted by atomic mass is 16.5. The zero-order valence-corrected chi connectivity index (χ0v) is 15.7. The minimum atomic E-state index is -0.336. The molecule has 1 N–H and O–H groups in total. The maximum atomic E-state index is 12.1. The Labute approximate surface area is 150 Å². The zero-order chi connectivity index (χ0) is 17.8. The Balaban J connectivity index is 1.32. The van der Waals surface area contributed by atoms with Crippen molar-refractivity contribution in [2.24, 2.45) is 11.8 Å². The van der Waals surface area contributed by atoms with Gasteiger partial charge < -0.3 is 14.5 Å². The number of hydrogen-bond acceptors (Lipinski definition) is 5. The van der Waals surface area contributed by atoms with Gasteiger partial charge in [0, 0.05) is 6.54 Å². The molecule has 2 heterocycles. The summed E-state index contributed by atoms with van der Waals surface area (Å²) >= 11 is 0. The van der Waals surface area contributed by atoms with Gasteiger partial charge in [-0.05, 0) is 71.4 Å². The third-order valence-corrected chi connectivity index (χ3v) is 5.35. The summed E-state index contributed by atoms with van der Waals surface area (Å²) < 4.78 is 11.3. The lowest BCUT2D eigenvalue weighted by atomic mass is 9.96. The molecule has 1 saturated carbocycles. The summed E-state index contributed by atoms with van der Waals surface area (Å²) in [6.07, 6.45) is 4.35. The molecule has 0 bridgehead atoms. The Hall–Kier alpha value is -1.40. The van der Waals surface area contributed by atoms with E-state index in [1.165, 1.54) is 12.8 Å². The highest BCUT2D eigenvalue weighted by molar-refractivity contribution is 5.80. The fourth-order valence-electron chi connectivity index (χ4n) is 3.18. The van der Waals surface area contributed by atoms with Gasteiger partial charge in [-0.2, -0.15) is 0 Å². The number of ether oxygens (including phenoxy) is 1. The molecule has 1 aliphatic heterocycles. The summed E-state index contributed by atoms with van der Waals surface area (Å²) in [5, 5.41) is 3.06. The number of carbonyl (C=O) groups excluding carboxylic acids is 1. The summed E-state index contributed by atoms with van der Waals surface area (Å²) in [5.41, 5.74) is 0.977. The van der Waals surface area contributed by atoms with Gasteiger partial charge in [0.25, 0.3) is 0 Å². The first-order chi connectivity index (χ1) is 12.0. The standard InChI is InChI=1S/C19H31N3O3/c1-13-14(2)25-18(21-13)11-22-8-6-16(7-9-22)10-20-19(23)15(3)24-12-17-4-5-17/h15-17H,4-12H2,1-3H3,(H,20,23). The van der Waals surface area contributed by atoms with E-state index in [4.69, 9.17) is 9.15 Å². The van der Waals surface area contributed by atoms with Gasteiger partial charge in [0.15, 0.2) is 0 Å². The number of likely N-dealkylation sites (tertiary alicyclic amines) is 1. The number of oxazole rings is 1. The van der Waals surface area contributed by atoms with Crippen LogP contribution in [-0.2, 0) is 16.1 Å². The van der Waals surface area contributed by atoms with Gasteiger partial charge in [-0.15, -0.1) is 0 Å². The van der Waals surface area contributed by atoms with Gasteiger partial charge in [0.1, 0.15) is 11.9 Å². The fourth-order valence-corrected chi connectivity index (χ4v) is 3.18. The summed E-state index contributed by atoms with van der Waals surface area (Å²) in [6, 6.07) is 0.